The summed E-state index contributed by atoms with van der Waals surface area (Å²) >= 11 is 3.49. The number of ketones is 1. The van der Waals surface area contributed by atoms with Gasteiger partial charge in [0.05, 0.1) is 24.0 Å². The molecule has 4 rings (SSSR count). The molecule has 0 radical (unpaired) electrons. The van der Waals surface area contributed by atoms with Gasteiger partial charge >= 0.3 is 0 Å². The van der Waals surface area contributed by atoms with Crippen LogP contribution in [0.1, 0.15) is 44.7 Å². The first-order chi connectivity index (χ1) is 16.0. The smallest absolute Gasteiger partial charge is 0.290 e. The van der Waals surface area contributed by atoms with Crippen molar-refractivity contribution < 1.29 is 14.3 Å². The molecule has 33 heavy (non-hydrogen) atoms. The molecular weight excluding hydrogens is 482 g/mol. The maximum atomic E-state index is 13.7. The molecule has 1 aliphatic heterocycles. The lowest BCUT2D eigenvalue weighted by atomic mass is 9.90. The Morgan fingerprint density at radius 3 is 2.64 bits per heavy atom. The fourth-order valence-corrected chi connectivity index (χ4v) is 4.49. The van der Waals surface area contributed by atoms with Crippen LogP contribution in [0.4, 0.5) is 0 Å². The minimum atomic E-state index is -0.495. The van der Waals surface area contributed by atoms with Crippen LogP contribution >= 0.6 is 15.9 Å². The number of hydrogen-bond donors (Lipinski definition) is 0. The number of carbonyl (C=O) groups is 2. The highest BCUT2D eigenvalue weighted by Crippen LogP contribution is 2.41. The molecule has 1 unspecified atom stereocenters. The number of allylic oxidation sites excluding steroid dienone is 4. The molecule has 2 aromatic rings. The summed E-state index contributed by atoms with van der Waals surface area (Å²) in [5, 5.41) is 0. The van der Waals surface area contributed by atoms with Crippen molar-refractivity contribution in [2.45, 2.75) is 51.8 Å². The molecule has 0 saturated carbocycles. The normalized spacial score (nSPS) is 18.3. The van der Waals surface area contributed by atoms with Crippen LogP contribution in [0.3, 0.4) is 0 Å². The first-order valence-electron chi connectivity index (χ1n) is 11.3. The zero-order valence-electron chi connectivity index (χ0n) is 18.9. The van der Waals surface area contributed by atoms with Crippen LogP contribution in [0.15, 0.2) is 82.6 Å². The van der Waals surface area contributed by atoms with Crippen molar-refractivity contribution in [3.8, 4) is 0 Å². The Morgan fingerprint density at radius 1 is 1.21 bits per heavy atom. The predicted octanol–water partition coefficient (Wildman–Crippen LogP) is 5.14. The van der Waals surface area contributed by atoms with Gasteiger partial charge in [-0.05, 0) is 50.8 Å². The fourth-order valence-electron chi connectivity index (χ4n) is 4.22. The van der Waals surface area contributed by atoms with Crippen molar-refractivity contribution in [2.75, 3.05) is 6.54 Å². The first-order valence-corrected chi connectivity index (χ1v) is 12.1. The number of hydrogen-bond acceptors (Lipinski definition) is 4. The van der Waals surface area contributed by atoms with Gasteiger partial charge in [0.1, 0.15) is 0 Å². The lowest BCUT2D eigenvalue weighted by molar-refractivity contribution is -0.131. The van der Waals surface area contributed by atoms with Crippen molar-refractivity contribution in [3.05, 3.63) is 88.2 Å². The average Bonchev–Trinajstić information content (AvgIpc) is 3.42. The number of nitrogens with zero attached hydrogens (tertiary/aromatic N) is 3. The summed E-state index contributed by atoms with van der Waals surface area (Å²) < 4.78 is 8.92. The highest BCUT2D eigenvalue weighted by atomic mass is 79.9. The van der Waals surface area contributed by atoms with Gasteiger partial charge in [-0.25, -0.2) is 4.98 Å². The first kappa shape index (κ1) is 23.2. The number of ether oxygens (including phenoxy) is 1. The van der Waals surface area contributed by atoms with E-state index in [4.69, 9.17) is 4.74 Å². The van der Waals surface area contributed by atoms with Crippen LogP contribution in [0, 0.1) is 0 Å². The molecule has 1 aliphatic carbocycles. The summed E-state index contributed by atoms with van der Waals surface area (Å²) in [6.45, 7) is 4.97. The number of carbonyl (C=O) groups excluding carboxylic acids is 2. The molecule has 2 heterocycles. The summed E-state index contributed by atoms with van der Waals surface area (Å²) in [6.07, 6.45) is 13.5. The van der Waals surface area contributed by atoms with Crippen LogP contribution in [-0.2, 0) is 20.9 Å². The molecule has 0 bridgehead atoms. The summed E-state index contributed by atoms with van der Waals surface area (Å²) in [5.74, 6) is -0.198. The number of halogens is 1. The molecule has 172 valence electrons. The molecule has 2 aliphatic rings. The number of aromatic nitrogens is 2. The molecule has 1 amide bonds. The molecule has 1 aromatic carbocycles. The summed E-state index contributed by atoms with van der Waals surface area (Å²) in [7, 11) is 0. The molecule has 1 atom stereocenters. The molecule has 0 saturated heterocycles. The molecular formula is C26H28BrN3O3. The van der Waals surface area contributed by atoms with E-state index in [0.717, 1.165) is 35.8 Å². The van der Waals surface area contributed by atoms with Gasteiger partial charge in [-0.15, -0.1) is 0 Å². The van der Waals surface area contributed by atoms with E-state index in [1.165, 1.54) is 0 Å². The van der Waals surface area contributed by atoms with Gasteiger partial charge in [-0.1, -0.05) is 46.3 Å². The Hall–Kier alpha value is -2.93. The summed E-state index contributed by atoms with van der Waals surface area (Å²) in [6, 6.07) is 7.30. The third-order valence-corrected chi connectivity index (χ3v) is 6.23. The van der Waals surface area contributed by atoms with Gasteiger partial charge < -0.3 is 14.2 Å². The second kappa shape index (κ2) is 10.3. The third kappa shape index (κ3) is 5.19. The van der Waals surface area contributed by atoms with Crippen LogP contribution in [-0.4, -0.2) is 38.8 Å². The minimum absolute atomic E-state index is 0.139. The minimum Gasteiger partial charge on any atom is -0.485 e. The quantitative estimate of drug-likeness (QED) is 0.469. The number of amides is 1. The Balaban J connectivity index is 1.72. The molecule has 7 heteroatoms. The van der Waals surface area contributed by atoms with Gasteiger partial charge in [-0.2, -0.15) is 0 Å². The van der Waals surface area contributed by atoms with E-state index in [-0.39, 0.29) is 23.6 Å². The summed E-state index contributed by atoms with van der Waals surface area (Å²) in [4.78, 5) is 33.2. The van der Waals surface area contributed by atoms with Crippen molar-refractivity contribution in [1.29, 1.82) is 0 Å². The van der Waals surface area contributed by atoms with Crippen molar-refractivity contribution in [1.82, 2.24) is 14.5 Å². The molecule has 0 fully saturated rings. The van der Waals surface area contributed by atoms with E-state index in [0.29, 0.717) is 17.7 Å². The van der Waals surface area contributed by atoms with E-state index in [1.54, 1.807) is 17.4 Å². The average molecular weight is 510 g/mol. The number of Topliss-reactive ketones (excluding diaryl/α,β-unsaturated/α-hetero) is 1. The van der Waals surface area contributed by atoms with Crippen LogP contribution in [0.2, 0.25) is 0 Å². The number of benzene rings is 1. The topological polar surface area (TPSA) is 64.4 Å². The maximum absolute atomic E-state index is 13.7. The van der Waals surface area contributed by atoms with E-state index >= 15 is 0 Å². The largest absolute Gasteiger partial charge is 0.485 e. The fraction of sp³-hybridized carbons (Fsp3) is 0.346. The molecule has 1 aromatic heterocycles. The van der Waals surface area contributed by atoms with E-state index in [2.05, 4.69) is 20.9 Å². The molecule has 0 N–H and O–H groups in total. The van der Waals surface area contributed by atoms with Crippen LogP contribution < -0.4 is 0 Å². The number of rotatable bonds is 9. The van der Waals surface area contributed by atoms with Gasteiger partial charge in [0, 0.05) is 35.5 Å². The van der Waals surface area contributed by atoms with Gasteiger partial charge in [0.25, 0.3) is 5.91 Å². The SMILES string of the molecule is CC(C)OC1=C(C(=O)C2=CCCC=C2)C(c2ccc(Br)cc2)N(CCCn2ccnc2)C1=O. The highest BCUT2D eigenvalue weighted by Gasteiger charge is 2.45. The number of imidazole rings is 1. The van der Waals surface area contributed by atoms with Crippen molar-refractivity contribution in [2.24, 2.45) is 0 Å². The Labute approximate surface area is 202 Å². The third-order valence-electron chi connectivity index (χ3n) is 5.70. The Bertz CT molecular complexity index is 1100. The maximum Gasteiger partial charge on any atom is 0.290 e. The number of aryl methyl sites for hydroxylation is 1. The summed E-state index contributed by atoms with van der Waals surface area (Å²) in [5.41, 5.74) is 1.94. The van der Waals surface area contributed by atoms with Gasteiger partial charge in [0.15, 0.2) is 11.5 Å². The van der Waals surface area contributed by atoms with Crippen LogP contribution in [0.25, 0.3) is 0 Å². The van der Waals surface area contributed by atoms with E-state index in [1.807, 2.05) is 67.1 Å². The molecule has 6 nitrogen and oxygen atoms in total. The zero-order valence-corrected chi connectivity index (χ0v) is 20.5. The standard InChI is InChI=1S/C26H28BrN3O3/c1-18(2)33-25-22(24(31)20-7-4-3-5-8-20)23(19-9-11-21(27)12-10-19)30(26(25)32)15-6-14-29-16-13-28-17-29/h4,7-13,16-18,23H,3,5-6,14-15H2,1-2H3. The van der Waals surface area contributed by atoms with Crippen molar-refractivity contribution in [3.63, 3.8) is 0 Å². The lowest BCUT2D eigenvalue weighted by Crippen LogP contribution is -2.33. The van der Waals surface area contributed by atoms with Gasteiger partial charge in [-0.3, -0.25) is 9.59 Å². The Kier molecular flexibility index (Phi) is 7.28. The second-order valence-electron chi connectivity index (χ2n) is 8.48. The van der Waals surface area contributed by atoms with Gasteiger partial charge in [0.2, 0.25) is 0 Å². The lowest BCUT2D eigenvalue weighted by Gasteiger charge is -2.27. The predicted molar refractivity (Wildman–Crippen MR) is 130 cm³/mol. The highest BCUT2D eigenvalue weighted by molar-refractivity contribution is 9.10. The monoisotopic (exact) mass is 509 g/mol. The molecule has 0 spiro atoms. The second-order valence-corrected chi connectivity index (χ2v) is 9.40. The zero-order chi connectivity index (χ0) is 23.4. The van der Waals surface area contributed by atoms with Crippen LogP contribution in [0.5, 0.6) is 0 Å². The van der Waals surface area contributed by atoms with E-state index < -0.39 is 6.04 Å². The van der Waals surface area contributed by atoms with E-state index in [9.17, 15) is 9.59 Å². The Morgan fingerprint density at radius 2 is 2.00 bits per heavy atom. The van der Waals surface area contributed by atoms with Crippen molar-refractivity contribution >= 4 is 27.6 Å².